The number of benzene rings is 2. The van der Waals surface area contributed by atoms with E-state index in [2.05, 4.69) is 4.98 Å². The van der Waals surface area contributed by atoms with Gasteiger partial charge in [-0.1, -0.05) is 37.3 Å². The average Bonchev–Trinajstić information content (AvgIpc) is 2.62. The van der Waals surface area contributed by atoms with Gasteiger partial charge >= 0.3 is 0 Å². The maximum Gasteiger partial charge on any atom is 0.254 e. The zero-order valence-electron chi connectivity index (χ0n) is 15.5. The highest BCUT2D eigenvalue weighted by atomic mass is 16.2. The summed E-state index contributed by atoms with van der Waals surface area (Å²) in [4.78, 5) is 30.2. The second-order valence-corrected chi connectivity index (χ2v) is 6.76. The number of amides is 1. The van der Waals surface area contributed by atoms with Gasteiger partial charge in [0.05, 0.1) is 6.54 Å². The van der Waals surface area contributed by atoms with E-state index < -0.39 is 0 Å². The molecule has 0 atom stereocenters. The molecule has 1 heterocycles. The van der Waals surface area contributed by atoms with Crippen LogP contribution in [0.15, 0.2) is 53.3 Å². The van der Waals surface area contributed by atoms with Gasteiger partial charge in [0, 0.05) is 23.2 Å². The maximum absolute atomic E-state index is 13.0. The smallest absolute Gasteiger partial charge is 0.254 e. The van der Waals surface area contributed by atoms with Crippen molar-refractivity contribution >= 4 is 16.8 Å². The minimum Gasteiger partial charge on any atom is -0.334 e. The molecule has 4 heteroatoms. The zero-order chi connectivity index (χ0) is 18.7. The number of hydrogen-bond acceptors (Lipinski definition) is 2. The largest absolute Gasteiger partial charge is 0.334 e. The van der Waals surface area contributed by atoms with Crippen LogP contribution in [-0.4, -0.2) is 22.3 Å². The maximum atomic E-state index is 13.0. The van der Waals surface area contributed by atoms with Crippen LogP contribution in [0.2, 0.25) is 0 Å². The van der Waals surface area contributed by atoms with Crippen LogP contribution >= 0.6 is 0 Å². The fraction of sp³-hybridized carbons (Fsp3) is 0.273. The van der Waals surface area contributed by atoms with E-state index in [4.69, 9.17) is 0 Å². The second-order valence-electron chi connectivity index (χ2n) is 6.76. The molecule has 0 unspecified atom stereocenters. The van der Waals surface area contributed by atoms with Crippen molar-refractivity contribution in [2.45, 2.75) is 33.7 Å². The molecule has 1 amide bonds. The number of rotatable bonds is 5. The fourth-order valence-corrected chi connectivity index (χ4v) is 3.19. The average molecular weight is 348 g/mol. The van der Waals surface area contributed by atoms with Gasteiger partial charge in [-0.25, -0.2) is 0 Å². The highest BCUT2D eigenvalue weighted by Gasteiger charge is 2.18. The van der Waals surface area contributed by atoms with Gasteiger partial charge in [-0.05, 0) is 55.0 Å². The minimum absolute atomic E-state index is 0.0339. The van der Waals surface area contributed by atoms with Gasteiger partial charge in [-0.3, -0.25) is 9.59 Å². The first kappa shape index (κ1) is 17.9. The van der Waals surface area contributed by atoms with Crippen molar-refractivity contribution in [2.24, 2.45) is 0 Å². The van der Waals surface area contributed by atoms with E-state index in [9.17, 15) is 9.59 Å². The molecule has 0 saturated carbocycles. The van der Waals surface area contributed by atoms with Gasteiger partial charge in [0.25, 0.3) is 11.5 Å². The van der Waals surface area contributed by atoms with Crippen molar-refractivity contribution < 1.29 is 4.79 Å². The van der Waals surface area contributed by atoms with E-state index in [1.165, 1.54) is 0 Å². The Morgan fingerprint density at radius 1 is 1.08 bits per heavy atom. The Hall–Kier alpha value is -2.88. The molecule has 134 valence electrons. The van der Waals surface area contributed by atoms with E-state index >= 15 is 0 Å². The van der Waals surface area contributed by atoms with E-state index in [0.29, 0.717) is 24.2 Å². The van der Waals surface area contributed by atoms with E-state index in [1.54, 1.807) is 4.90 Å². The molecular weight excluding hydrogens is 324 g/mol. The summed E-state index contributed by atoms with van der Waals surface area (Å²) in [5.41, 5.74) is 4.03. The summed E-state index contributed by atoms with van der Waals surface area (Å²) in [5, 5.41) is 0.977. The zero-order valence-corrected chi connectivity index (χ0v) is 15.5. The number of nitrogens with zero attached hydrogens (tertiary/aromatic N) is 1. The third kappa shape index (κ3) is 3.69. The molecule has 0 spiro atoms. The van der Waals surface area contributed by atoms with Crippen LogP contribution in [0.4, 0.5) is 0 Å². The first-order chi connectivity index (χ1) is 12.5. The molecule has 3 aromatic rings. The van der Waals surface area contributed by atoms with Crippen LogP contribution in [0.3, 0.4) is 0 Å². The first-order valence-electron chi connectivity index (χ1n) is 8.97. The van der Waals surface area contributed by atoms with Gasteiger partial charge in [-0.15, -0.1) is 0 Å². The third-order valence-corrected chi connectivity index (χ3v) is 4.60. The van der Waals surface area contributed by atoms with Crippen molar-refractivity contribution in [1.29, 1.82) is 0 Å². The Morgan fingerprint density at radius 3 is 2.58 bits per heavy atom. The number of pyridine rings is 1. The number of hydrogen-bond donors (Lipinski definition) is 1. The van der Waals surface area contributed by atoms with Crippen molar-refractivity contribution in [1.82, 2.24) is 9.88 Å². The molecule has 0 aliphatic carbocycles. The van der Waals surface area contributed by atoms with E-state index in [-0.39, 0.29) is 11.5 Å². The van der Waals surface area contributed by atoms with Crippen molar-refractivity contribution in [3.05, 3.63) is 81.1 Å². The third-order valence-electron chi connectivity index (χ3n) is 4.60. The first-order valence-corrected chi connectivity index (χ1v) is 8.97. The van der Waals surface area contributed by atoms with Gasteiger partial charge in [0.1, 0.15) is 0 Å². The molecule has 0 bridgehead atoms. The molecule has 0 radical (unpaired) electrons. The lowest BCUT2D eigenvalue weighted by Crippen LogP contribution is -2.33. The van der Waals surface area contributed by atoms with Gasteiger partial charge in [-0.2, -0.15) is 0 Å². The molecule has 1 aromatic heterocycles. The summed E-state index contributed by atoms with van der Waals surface area (Å²) in [6.45, 7) is 6.88. The SMILES string of the molecule is CCCN(Cc1cc2ccc(C)cc2[nH]c1=O)C(=O)c1ccccc1C. The van der Waals surface area contributed by atoms with Crippen LogP contribution in [0, 0.1) is 13.8 Å². The predicted octanol–water partition coefficient (Wildman–Crippen LogP) is 4.20. The number of aromatic amines is 1. The number of aromatic nitrogens is 1. The molecule has 0 fully saturated rings. The molecule has 0 saturated heterocycles. The molecular formula is C22H24N2O2. The van der Waals surface area contributed by atoms with Gasteiger partial charge in [0.2, 0.25) is 0 Å². The predicted molar refractivity (Wildman–Crippen MR) is 106 cm³/mol. The Morgan fingerprint density at radius 2 is 1.85 bits per heavy atom. The molecule has 0 aliphatic heterocycles. The lowest BCUT2D eigenvalue weighted by molar-refractivity contribution is 0.0742. The number of H-pyrrole nitrogens is 1. The summed E-state index contributed by atoms with van der Waals surface area (Å²) in [6.07, 6.45) is 0.836. The highest BCUT2D eigenvalue weighted by molar-refractivity contribution is 5.95. The number of fused-ring (bicyclic) bond motifs is 1. The molecule has 1 N–H and O–H groups in total. The van der Waals surface area contributed by atoms with Crippen LogP contribution < -0.4 is 5.56 Å². The fourth-order valence-electron chi connectivity index (χ4n) is 3.19. The summed E-state index contributed by atoms with van der Waals surface area (Å²) in [5.74, 6) is -0.0339. The minimum atomic E-state index is -0.137. The number of carbonyl (C=O) groups excluding carboxylic acids is 1. The lowest BCUT2D eigenvalue weighted by Gasteiger charge is -2.23. The molecule has 4 nitrogen and oxygen atoms in total. The topological polar surface area (TPSA) is 53.2 Å². The van der Waals surface area contributed by atoms with Crippen LogP contribution in [0.25, 0.3) is 10.9 Å². The monoisotopic (exact) mass is 348 g/mol. The molecule has 2 aromatic carbocycles. The van der Waals surface area contributed by atoms with Crippen molar-refractivity contribution in [3.63, 3.8) is 0 Å². The Balaban J connectivity index is 1.95. The van der Waals surface area contributed by atoms with Gasteiger partial charge < -0.3 is 9.88 Å². The summed E-state index contributed by atoms with van der Waals surface area (Å²) in [6, 6.07) is 15.4. The Labute approximate surface area is 153 Å². The number of nitrogens with one attached hydrogen (secondary N) is 1. The molecule has 0 aliphatic rings. The summed E-state index contributed by atoms with van der Waals surface area (Å²) in [7, 11) is 0. The Kier molecular flexibility index (Phi) is 5.21. The van der Waals surface area contributed by atoms with E-state index in [1.807, 2.05) is 69.3 Å². The quantitative estimate of drug-likeness (QED) is 0.751. The van der Waals surface area contributed by atoms with Crippen molar-refractivity contribution in [3.8, 4) is 0 Å². The van der Waals surface area contributed by atoms with E-state index in [0.717, 1.165) is 28.5 Å². The highest BCUT2D eigenvalue weighted by Crippen LogP contribution is 2.16. The molecule has 3 rings (SSSR count). The van der Waals surface area contributed by atoms with Crippen molar-refractivity contribution in [2.75, 3.05) is 6.54 Å². The van der Waals surface area contributed by atoms with Gasteiger partial charge in [0.15, 0.2) is 0 Å². The van der Waals surface area contributed by atoms with Crippen LogP contribution in [0.1, 0.15) is 40.4 Å². The lowest BCUT2D eigenvalue weighted by atomic mass is 10.1. The van der Waals surface area contributed by atoms with Crippen LogP contribution in [-0.2, 0) is 6.54 Å². The Bertz CT molecular complexity index is 1000. The number of carbonyl (C=O) groups is 1. The van der Waals surface area contributed by atoms with Crippen LogP contribution in [0.5, 0.6) is 0 Å². The normalized spacial score (nSPS) is 10.9. The summed E-state index contributed by atoms with van der Waals surface area (Å²) < 4.78 is 0. The second kappa shape index (κ2) is 7.56. The molecule has 26 heavy (non-hydrogen) atoms. The number of aryl methyl sites for hydroxylation is 2. The standard InChI is InChI=1S/C22H24N2O2/c1-4-11-24(22(26)19-8-6-5-7-16(19)3)14-18-13-17-10-9-15(2)12-20(17)23-21(18)25/h5-10,12-13H,4,11,14H2,1-3H3,(H,23,25). The summed E-state index contributed by atoms with van der Waals surface area (Å²) >= 11 is 0.